The van der Waals surface area contributed by atoms with Crippen LogP contribution in [0.2, 0.25) is 0 Å². The standard InChI is InChI=1S/C10H17NO/c12-9-10(3-4-10)5-8-11-6-1-2-7-11/h9H,1-8H2. The molecule has 0 unspecified atom stereocenters. The van der Waals surface area contributed by atoms with Crippen molar-refractivity contribution in [1.29, 1.82) is 0 Å². The van der Waals surface area contributed by atoms with Crippen LogP contribution >= 0.6 is 0 Å². The van der Waals surface area contributed by atoms with Crippen molar-refractivity contribution in [3.05, 3.63) is 0 Å². The largest absolute Gasteiger partial charge is 0.303 e. The fourth-order valence-corrected chi connectivity index (χ4v) is 1.97. The maximum absolute atomic E-state index is 10.7. The second-order valence-corrected chi connectivity index (χ2v) is 4.28. The van der Waals surface area contributed by atoms with E-state index in [1.54, 1.807) is 0 Å². The summed E-state index contributed by atoms with van der Waals surface area (Å²) in [5.74, 6) is 0. The van der Waals surface area contributed by atoms with Gasteiger partial charge in [-0.2, -0.15) is 0 Å². The van der Waals surface area contributed by atoms with Gasteiger partial charge < -0.3 is 9.69 Å². The number of hydrogen-bond donors (Lipinski definition) is 0. The first-order chi connectivity index (χ1) is 5.85. The van der Waals surface area contributed by atoms with Crippen LogP contribution in [0, 0.1) is 5.41 Å². The second kappa shape index (κ2) is 3.17. The Morgan fingerprint density at radius 3 is 2.42 bits per heavy atom. The van der Waals surface area contributed by atoms with Gasteiger partial charge >= 0.3 is 0 Å². The molecule has 0 amide bonds. The molecule has 12 heavy (non-hydrogen) atoms. The van der Waals surface area contributed by atoms with Crippen LogP contribution in [0.3, 0.4) is 0 Å². The van der Waals surface area contributed by atoms with Crippen LogP contribution in [-0.2, 0) is 4.79 Å². The molecular weight excluding hydrogens is 150 g/mol. The van der Waals surface area contributed by atoms with Crippen molar-refractivity contribution in [2.24, 2.45) is 5.41 Å². The summed E-state index contributed by atoms with van der Waals surface area (Å²) in [5, 5.41) is 0. The minimum Gasteiger partial charge on any atom is -0.303 e. The molecule has 0 aromatic carbocycles. The van der Waals surface area contributed by atoms with E-state index in [1.807, 2.05) is 0 Å². The monoisotopic (exact) mass is 167 g/mol. The SMILES string of the molecule is O=CC1(CCN2CCCC2)CC1. The third-order valence-corrected chi connectivity index (χ3v) is 3.27. The lowest BCUT2D eigenvalue weighted by atomic mass is 10.1. The lowest BCUT2D eigenvalue weighted by molar-refractivity contribution is -0.112. The Balaban J connectivity index is 1.70. The van der Waals surface area contributed by atoms with E-state index in [1.165, 1.54) is 32.2 Å². The minimum absolute atomic E-state index is 0.128. The highest BCUT2D eigenvalue weighted by Gasteiger charge is 2.42. The first-order valence-corrected chi connectivity index (χ1v) is 5.03. The van der Waals surface area contributed by atoms with Crippen LogP contribution in [0.1, 0.15) is 32.1 Å². The molecule has 0 bridgehead atoms. The van der Waals surface area contributed by atoms with Crippen LogP contribution < -0.4 is 0 Å². The molecule has 1 saturated carbocycles. The quantitative estimate of drug-likeness (QED) is 0.591. The maximum Gasteiger partial charge on any atom is 0.126 e. The summed E-state index contributed by atoms with van der Waals surface area (Å²) < 4.78 is 0. The second-order valence-electron chi connectivity index (χ2n) is 4.28. The number of aldehydes is 1. The van der Waals surface area contributed by atoms with Crippen molar-refractivity contribution in [3.8, 4) is 0 Å². The summed E-state index contributed by atoms with van der Waals surface area (Å²) in [6.45, 7) is 3.67. The summed E-state index contributed by atoms with van der Waals surface area (Å²) in [7, 11) is 0. The van der Waals surface area contributed by atoms with Crippen LogP contribution in [0.25, 0.3) is 0 Å². The average molecular weight is 167 g/mol. The molecule has 0 radical (unpaired) electrons. The number of nitrogens with zero attached hydrogens (tertiary/aromatic N) is 1. The third kappa shape index (κ3) is 1.69. The fraction of sp³-hybridized carbons (Fsp3) is 0.900. The van der Waals surface area contributed by atoms with E-state index in [-0.39, 0.29) is 5.41 Å². The Kier molecular flexibility index (Phi) is 2.18. The Bertz CT molecular complexity index is 169. The number of rotatable bonds is 4. The molecule has 1 saturated heterocycles. The highest BCUT2D eigenvalue weighted by Crippen LogP contribution is 2.46. The van der Waals surface area contributed by atoms with Gasteiger partial charge in [-0.25, -0.2) is 0 Å². The normalized spacial score (nSPS) is 27.3. The van der Waals surface area contributed by atoms with Gasteiger partial charge in [-0.05, 0) is 51.7 Å². The van der Waals surface area contributed by atoms with Gasteiger partial charge in [0.2, 0.25) is 0 Å². The van der Waals surface area contributed by atoms with Crippen molar-refractivity contribution < 1.29 is 4.79 Å². The minimum atomic E-state index is 0.128. The van der Waals surface area contributed by atoms with Crippen molar-refractivity contribution in [2.75, 3.05) is 19.6 Å². The Morgan fingerprint density at radius 1 is 1.25 bits per heavy atom. The van der Waals surface area contributed by atoms with Crippen LogP contribution in [0.15, 0.2) is 0 Å². The fourth-order valence-electron chi connectivity index (χ4n) is 1.97. The smallest absolute Gasteiger partial charge is 0.126 e. The van der Waals surface area contributed by atoms with Gasteiger partial charge in [-0.15, -0.1) is 0 Å². The van der Waals surface area contributed by atoms with Crippen molar-refractivity contribution in [2.45, 2.75) is 32.1 Å². The molecular formula is C10H17NO. The summed E-state index contributed by atoms with van der Waals surface area (Å²) >= 11 is 0. The number of carbonyl (C=O) groups is 1. The molecule has 68 valence electrons. The van der Waals surface area contributed by atoms with E-state index in [9.17, 15) is 4.79 Å². The van der Waals surface area contributed by atoms with Crippen molar-refractivity contribution >= 4 is 6.29 Å². The van der Waals surface area contributed by atoms with Gasteiger partial charge in [0.15, 0.2) is 0 Å². The van der Waals surface area contributed by atoms with E-state index in [0.29, 0.717) is 0 Å². The Hall–Kier alpha value is -0.370. The highest BCUT2D eigenvalue weighted by molar-refractivity contribution is 5.63. The van der Waals surface area contributed by atoms with Crippen LogP contribution in [-0.4, -0.2) is 30.8 Å². The van der Waals surface area contributed by atoms with Gasteiger partial charge in [-0.1, -0.05) is 0 Å². The summed E-state index contributed by atoms with van der Waals surface area (Å²) in [5.41, 5.74) is 0.128. The van der Waals surface area contributed by atoms with Gasteiger partial charge in [-0.3, -0.25) is 0 Å². The molecule has 2 fully saturated rings. The molecule has 2 aliphatic rings. The predicted molar refractivity (Wildman–Crippen MR) is 48.0 cm³/mol. The summed E-state index contributed by atoms with van der Waals surface area (Å²) in [6, 6.07) is 0. The van der Waals surface area contributed by atoms with E-state index in [2.05, 4.69) is 4.90 Å². The summed E-state index contributed by atoms with van der Waals surface area (Å²) in [4.78, 5) is 13.2. The van der Waals surface area contributed by atoms with Gasteiger partial charge in [0.25, 0.3) is 0 Å². The van der Waals surface area contributed by atoms with Gasteiger partial charge in [0.05, 0.1) is 0 Å². The molecule has 2 heteroatoms. The molecule has 1 aliphatic heterocycles. The van der Waals surface area contributed by atoms with E-state index in [0.717, 1.165) is 25.8 Å². The van der Waals surface area contributed by atoms with Crippen LogP contribution in [0.5, 0.6) is 0 Å². The summed E-state index contributed by atoms with van der Waals surface area (Å²) in [6.07, 6.45) is 7.29. The number of hydrogen-bond acceptors (Lipinski definition) is 2. The number of carbonyl (C=O) groups excluding carboxylic acids is 1. The van der Waals surface area contributed by atoms with Gasteiger partial charge in [0.1, 0.15) is 6.29 Å². The molecule has 2 rings (SSSR count). The van der Waals surface area contributed by atoms with Gasteiger partial charge in [0, 0.05) is 5.41 Å². The molecule has 1 heterocycles. The zero-order valence-electron chi connectivity index (χ0n) is 7.59. The van der Waals surface area contributed by atoms with E-state index >= 15 is 0 Å². The average Bonchev–Trinajstić information content (AvgIpc) is 2.70. The topological polar surface area (TPSA) is 20.3 Å². The Labute approximate surface area is 73.9 Å². The zero-order chi connectivity index (χ0) is 8.44. The lowest BCUT2D eigenvalue weighted by Crippen LogP contribution is -2.23. The first kappa shape index (κ1) is 8.24. The van der Waals surface area contributed by atoms with Crippen molar-refractivity contribution in [3.63, 3.8) is 0 Å². The number of likely N-dealkylation sites (tertiary alicyclic amines) is 1. The molecule has 0 spiro atoms. The molecule has 0 aromatic heterocycles. The maximum atomic E-state index is 10.7. The van der Waals surface area contributed by atoms with E-state index < -0.39 is 0 Å². The third-order valence-electron chi connectivity index (χ3n) is 3.27. The predicted octanol–water partition coefficient (Wildman–Crippen LogP) is 1.45. The molecule has 0 atom stereocenters. The Morgan fingerprint density at radius 2 is 1.92 bits per heavy atom. The lowest BCUT2D eigenvalue weighted by Gasteiger charge is -2.16. The van der Waals surface area contributed by atoms with E-state index in [4.69, 9.17) is 0 Å². The highest BCUT2D eigenvalue weighted by atomic mass is 16.1. The molecule has 1 aliphatic carbocycles. The molecule has 0 aromatic rings. The molecule has 2 nitrogen and oxygen atoms in total. The van der Waals surface area contributed by atoms with Crippen molar-refractivity contribution in [1.82, 2.24) is 4.90 Å². The van der Waals surface area contributed by atoms with Crippen LogP contribution in [0.4, 0.5) is 0 Å². The molecule has 0 N–H and O–H groups in total. The zero-order valence-corrected chi connectivity index (χ0v) is 7.59. The first-order valence-electron chi connectivity index (χ1n) is 5.03.